The SMILES string of the molecule is CCN.Nc1nc(N2CC[C@H](c3ccc(F)cc3)C2)nc2c1ncn2[C@@H]1O[C@@H](C(=O)O)[C@H](O)[C@@H]1O.O=C(O)C(F)(F)F. The second-order valence-electron chi connectivity index (χ2n) is 9.19. The highest BCUT2D eigenvalue weighted by Crippen LogP contribution is 2.34. The highest BCUT2D eigenvalue weighted by Gasteiger charge is 2.48. The summed E-state index contributed by atoms with van der Waals surface area (Å²) in [7, 11) is 0. The van der Waals surface area contributed by atoms with Crippen molar-refractivity contribution in [3.8, 4) is 0 Å². The molecule has 5 atom stereocenters. The molecule has 2 fully saturated rings. The van der Waals surface area contributed by atoms with Gasteiger partial charge >= 0.3 is 18.1 Å². The van der Waals surface area contributed by atoms with Crippen LogP contribution in [0.1, 0.15) is 31.1 Å². The van der Waals surface area contributed by atoms with E-state index < -0.39 is 42.7 Å². The first-order chi connectivity index (χ1) is 19.7. The molecule has 4 heterocycles. The van der Waals surface area contributed by atoms with Crippen LogP contribution in [0.2, 0.25) is 0 Å². The highest BCUT2D eigenvalue weighted by atomic mass is 19.4. The van der Waals surface area contributed by atoms with Crippen molar-refractivity contribution in [2.45, 2.75) is 50.0 Å². The van der Waals surface area contributed by atoms with E-state index in [2.05, 4.69) is 15.0 Å². The van der Waals surface area contributed by atoms with Gasteiger partial charge in [-0.05, 0) is 30.7 Å². The van der Waals surface area contributed by atoms with Crippen LogP contribution in [0.25, 0.3) is 11.2 Å². The van der Waals surface area contributed by atoms with Gasteiger partial charge in [0, 0.05) is 19.0 Å². The number of carboxylic acid groups (broad SMARTS) is 2. The van der Waals surface area contributed by atoms with E-state index in [1.54, 1.807) is 12.1 Å². The molecule has 0 unspecified atom stereocenters. The molecule has 42 heavy (non-hydrogen) atoms. The molecule has 1 aromatic carbocycles. The molecular weight excluding hydrogens is 574 g/mol. The Morgan fingerprint density at radius 3 is 2.24 bits per heavy atom. The Morgan fingerprint density at radius 1 is 1.12 bits per heavy atom. The highest BCUT2D eigenvalue weighted by molar-refractivity contribution is 5.83. The fourth-order valence-corrected chi connectivity index (χ4v) is 4.30. The molecule has 3 aromatic rings. The molecule has 230 valence electrons. The predicted octanol–water partition coefficient (Wildman–Crippen LogP) is 0.844. The molecule has 0 aliphatic carbocycles. The standard InChI is InChI=1S/C20H21FN6O5.C2HF3O2.C2H7N/c21-11-3-1-9(2-4-11)10-5-6-26(7-10)20-24-16(22)12-17(25-20)27(8-23-12)18-14(29)13(28)15(32-18)19(30)31;3-2(4,5)1(6)7;1-2-3/h1-4,8,10,13-15,18,28-29H,5-7H2,(H,30,31)(H2,22,24,25);(H,6,7);2-3H2,1H3/t10-,13+,14-,15+,18+;;/m0../s1. The van der Waals surface area contributed by atoms with Crippen LogP contribution in [0.5, 0.6) is 0 Å². The van der Waals surface area contributed by atoms with E-state index in [4.69, 9.17) is 26.1 Å². The van der Waals surface area contributed by atoms with Gasteiger partial charge in [-0.1, -0.05) is 19.1 Å². The Balaban J connectivity index is 0.000000420. The lowest BCUT2D eigenvalue weighted by atomic mass is 9.99. The lowest BCUT2D eigenvalue weighted by molar-refractivity contribution is -0.192. The predicted molar refractivity (Wildman–Crippen MR) is 138 cm³/mol. The van der Waals surface area contributed by atoms with E-state index in [0.717, 1.165) is 18.5 Å². The number of aliphatic carboxylic acids is 2. The number of anilines is 2. The molecule has 2 aromatic heterocycles. The number of ether oxygens (including phenoxy) is 1. The second-order valence-corrected chi connectivity index (χ2v) is 9.19. The topological polar surface area (TPSA) is 223 Å². The van der Waals surface area contributed by atoms with Crippen LogP contribution in [-0.4, -0.2) is 96.0 Å². The van der Waals surface area contributed by atoms with Crippen LogP contribution >= 0.6 is 0 Å². The Hall–Kier alpha value is -4.13. The smallest absolute Gasteiger partial charge is 0.479 e. The van der Waals surface area contributed by atoms with E-state index in [1.807, 2.05) is 11.8 Å². The largest absolute Gasteiger partial charge is 0.490 e. The van der Waals surface area contributed by atoms with Crippen molar-refractivity contribution in [3.63, 3.8) is 0 Å². The van der Waals surface area contributed by atoms with Crippen molar-refractivity contribution in [1.29, 1.82) is 0 Å². The average Bonchev–Trinajstić information content (AvgIpc) is 3.63. The monoisotopic (exact) mass is 603 g/mol. The average molecular weight is 604 g/mol. The number of aliphatic hydroxyl groups excluding tert-OH is 2. The van der Waals surface area contributed by atoms with Crippen molar-refractivity contribution in [1.82, 2.24) is 19.5 Å². The number of halogens is 4. The van der Waals surface area contributed by atoms with E-state index in [1.165, 1.54) is 23.0 Å². The summed E-state index contributed by atoms with van der Waals surface area (Å²) >= 11 is 0. The minimum atomic E-state index is -5.08. The number of nitrogens with zero attached hydrogens (tertiary/aromatic N) is 5. The molecule has 0 saturated carbocycles. The Bertz CT molecular complexity index is 1390. The fourth-order valence-electron chi connectivity index (χ4n) is 4.30. The minimum Gasteiger partial charge on any atom is -0.479 e. The third-order valence-electron chi connectivity index (χ3n) is 6.25. The molecule has 14 nitrogen and oxygen atoms in total. The third-order valence-corrected chi connectivity index (χ3v) is 6.25. The van der Waals surface area contributed by atoms with Gasteiger partial charge in [-0.25, -0.2) is 19.0 Å². The van der Waals surface area contributed by atoms with E-state index in [0.29, 0.717) is 19.0 Å². The summed E-state index contributed by atoms with van der Waals surface area (Å²) in [6, 6.07) is 6.39. The number of carbonyl (C=O) groups is 2. The lowest BCUT2D eigenvalue weighted by Crippen LogP contribution is -2.35. The summed E-state index contributed by atoms with van der Waals surface area (Å²) in [5.41, 5.74) is 12.5. The maximum Gasteiger partial charge on any atom is 0.490 e. The minimum absolute atomic E-state index is 0.122. The summed E-state index contributed by atoms with van der Waals surface area (Å²) in [4.78, 5) is 35.2. The molecule has 2 aliphatic heterocycles. The molecule has 2 aliphatic rings. The third kappa shape index (κ3) is 7.19. The summed E-state index contributed by atoms with van der Waals surface area (Å²) in [6.45, 7) is 3.91. The van der Waals surface area contributed by atoms with Gasteiger partial charge in [0.25, 0.3) is 0 Å². The van der Waals surface area contributed by atoms with Gasteiger partial charge in [0.15, 0.2) is 23.8 Å². The van der Waals surface area contributed by atoms with Crippen LogP contribution in [0.3, 0.4) is 0 Å². The number of aromatic nitrogens is 4. The Morgan fingerprint density at radius 2 is 1.71 bits per heavy atom. The Labute approximate surface area is 235 Å². The molecule has 0 spiro atoms. The zero-order valence-electron chi connectivity index (χ0n) is 22.0. The molecule has 5 rings (SSSR count). The van der Waals surface area contributed by atoms with Crippen molar-refractivity contribution in [3.05, 3.63) is 42.0 Å². The summed E-state index contributed by atoms with van der Waals surface area (Å²) in [6.07, 6.45) is -8.84. The molecule has 0 radical (unpaired) electrons. The first kappa shape index (κ1) is 32.4. The number of hydrogen-bond donors (Lipinski definition) is 6. The van der Waals surface area contributed by atoms with Crippen LogP contribution in [0.15, 0.2) is 30.6 Å². The van der Waals surface area contributed by atoms with E-state index >= 15 is 0 Å². The normalized spacial score (nSPS) is 23.6. The zero-order valence-corrected chi connectivity index (χ0v) is 22.0. The number of carboxylic acids is 2. The second kappa shape index (κ2) is 13.2. The fraction of sp³-hybridized carbons (Fsp3) is 0.458. The number of nitrogen functional groups attached to an aromatic ring is 1. The van der Waals surface area contributed by atoms with Crippen molar-refractivity contribution in [2.75, 3.05) is 30.3 Å². The van der Waals surface area contributed by atoms with Crippen molar-refractivity contribution >= 4 is 34.9 Å². The lowest BCUT2D eigenvalue weighted by Gasteiger charge is -2.19. The molecule has 8 N–H and O–H groups in total. The van der Waals surface area contributed by atoms with Crippen molar-refractivity contribution in [2.24, 2.45) is 5.73 Å². The number of aliphatic hydroxyl groups is 2. The molecule has 0 amide bonds. The molecule has 2 saturated heterocycles. The summed E-state index contributed by atoms with van der Waals surface area (Å²) in [5.74, 6) is -3.78. The van der Waals surface area contributed by atoms with Gasteiger partial charge < -0.3 is 41.5 Å². The summed E-state index contributed by atoms with van der Waals surface area (Å²) < 4.78 is 51.7. The number of nitrogens with two attached hydrogens (primary N) is 2. The zero-order chi connectivity index (χ0) is 31.4. The van der Waals surface area contributed by atoms with Crippen LogP contribution < -0.4 is 16.4 Å². The van der Waals surface area contributed by atoms with Gasteiger partial charge in [0.2, 0.25) is 5.95 Å². The van der Waals surface area contributed by atoms with Gasteiger partial charge in [0.05, 0.1) is 6.33 Å². The first-order valence-electron chi connectivity index (χ1n) is 12.4. The number of imidazole rings is 1. The van der Waals surface area contributed by atoms with Gasteiger partial charge in [-0.2, -0.15) is 23.1 Å². The first-order valence-corrected chi connectivity index (χ1v) is 12.4. The van der Waals surface area contributed by atoms with Crippen molar-refractivity contribution < 1.29 is 52.3 Å². The maximum atomic E-state index is 13.2. The van der Waals surface area contributed by atoms with Gasteiger partial charge in [-0.15, -0.1) is 0 Å². The van der Waals surface area contributed by atoms with Crippen LogP contribution in [0.4, 0.5) is 29.3 Å². The van der Waals surface area contributed by atoms with E-state index in [9.17, 15) is 37.7 Å². The van der Waals surface area contributed by atoms with Gasteiger partial charge in [-0.3, -0.25) is 4.57 Å². The number of benzene rings is 1. The van der Waals surface area contributed by atoms with Crippen LogP contribution in [0, 0.1) is 5.82 Å². The molecular formula is C24H29F4N7O7. The number of alkyl halides is 3. The van der Waals surface area contributed by atoms with Crippen LogP contribution in [-0.2, 0) is 14.3 Å². The Kier molecular flexibility index (Phi) is 10.2. The summed E-state index contributed by atoms with van der Waals surface area (Å²) in [5, 5.41) is 36.7. The van der Waals surface area contributed by atoms with E-state index in [-0.39, 0.29) is 28.7 Å². The maximum absolute atomic E-state index is 13.2. The number of rotatable bonds is 4. The quantitative estimate of drug-likeness (QED) is 0.228. The number of hydrogen-bond acceptors (Lipinski definition) is 11. The number of fused-ring (bicyclic) bond motifs is 1. The molecule has 0 bridgehead atoms. The van der Waals surface area contributed by atoms with Gasteiger partial charge in [0.1, 0.15) is 23.5 Å². The molecule has 18 heteroatoms.